The minimum Gasteiger partial charge on any atom is -0.407 e. The molecule has 1 saturated heterocycles. The zero-order valence-corrected chi connectivity index (χ0v) is 35.2. The molecule has 1 aliphatic rings. The molecule has 3 unspecified atom stereocenters. The van der Waals surface area contributed by atoms with Crippen LogP contribution in [0.2, 0.25) is 5.04 Å². The van der Waals surface area contributed by atoms with E-state index in [1.807, 2.05) is 44.2 Å². The van der Waals surface area contributed by atoms with Crippen molar-refractivity contribution in [2.45, 2.75) is 108 Å². The van der Waals surface area contributed by atoms with Gasteiger partial charge in [0.25, 0.3) is 18.4 Å². The lowest BCUT2D eigenvalue weighted by Gasteiger charge is -2.43. The van der Waals surface area contributed by atoms with Gasteiger partial charge in [-0.2, -0.15) is 8.42 Å². The fraction of sp³-hybridized carbons (Fsp3) is 0.467. The topological polar surface area (TPSA) is 101 Å². The number of hydrogen-bond acceptors (Lipinski definition) is 8. The first-order chi connectivity index (χ1) is 26.2. The van der Waals surface area contributed by atoms with E-state index in [0.29, 0.717) is 39.3 Å². The van der Waals surface area contributed by atoms with Crippen LogP contribution in [0.25, 0.3) is 0 Å². The maximum absolute atomic E-state index is 13.1. The molecule has 1 N–H and O–H groups in total. The van der Waals surface area contributed by atoms with Gasteiger partial charge in [0, 0.05) is 13.0 Å². The van der Waals surface area contributed by atoms with E-state index >= 15 is 0 Å². The highest BCUT2D eigenvalue weighted by atomic mass is 32.2. The highest BCUT2D eigenvalue weighted by Gasteiger charge is 2.50. The predicted octanol–water partition coefficient (Wildman–Crippen LogP) is 7.94. The molecule has 8 nitrogen and oxygen atoms in total. The van der Waals surface area contributed by atoms with Crippen molar-refractivity contribution < 1.29 is 36.3 Å². The normalized spacial score (nSPS) is 17.1. The summed E-state index contributed by atoms with van der Waals surface area (Å²) in [4.78, 5) is 0.0736. The van der Waals surface area contributed by atoms with Crippen LogP contribution in [0.15, 0.2) is 120 Å². The second kappa shape index (κ2) is 18.8. The zero-order chi connectivity index (χ0) is 39.6. The van der Waals surface area contributed by atoms with Crippen molar-refractivity contribution in [1.82, 2.24) is 0 Å². The maximum Gasteiger partial charge on any atom is 0.297 e. The monoisotopic (exact) mass is 788 g/mol. The predicted molar refractivity (Wildman–Crippen MR) is 220 cm³/mol. The zero-order valence-electron chi connectivity index (χ0n) is 33.4. The van der Waals surface area contributed by atoms with Gasteiger partial charge in [-0.15, -0.1) is 0 Å². The number of benzene rings is 4. The molecule has 0 saturated carbocycles. The first-order valence-electron chi connectivity index (χ1n) is 19.5. The van der Waals surface area contributed by atoms with Crippen LogP contribution in [0, 0.1) is 12.8 Å². The number of hydrogen-bond donors (Lipinski definition) is 1. The number of aryl methyl sites for hydroxylation is 1. The van der Waals surface area contributed by atoms with Gasteiger partial charge < -0.3 is 23.7 Å². The molecule has 298 valence electrons. The quantitative estimate of drug-likeness (QED) is 0.0712. The molecule has 0 bridgehead atoms. The van der Waals surface area contributed by atoms with Crippen LogP contribution in [0.3, 0.4) is 0 Å². The third-order valence-electron chi connectivity index (χ3n) is 10.7. The lowest BCUT2D eigenvalue weighted by Crippen LogP contribution is -2.66. The molecule has 55 heavy (non-hydrogen) atoms. The summed E-state index contributed by atoms with van der Waals surface area (Å²) in [6.07, 6.45) is 2.17. The Morgan fingerprint density at radius 1 is 0.800 bits per heavy atom. The van der Waals surface area contributed by atoms with Crippen molar-refractivity contribution in [3.05, 3.63) is 126 Å². The maximum atomic E-state index is 13.1. The van der Waals surface area contributed by atoms with Gasteiger partial charge >= 0.3 is 0 Å². The third kappa shape index (κ3) is 11.2. The van der Waals surface area contributed by atoms with E-state index in [9.17, 15) is 13.5 Å². The molecule has 0 amide bonds. The SMILES string of the molecule is Cc1ccc(S(=O)(=O)OCC2(CCC(OCc3ccccc3)C(C)(O)CCCC(C)CO[Si](c3ccccc3)(c3ccccc3)C(C)(C)C)OCCO2)cc1. The van der Waals surface area contributed by atoms with Gasteiger partial charge in [-0.05, 0) is 72.1 Å². The summed E-state index contributed by atoms with van der Waals surface area (Å²) >= 11 is 0. The number of aliphatic hydroxyl groups is 1. The summed E-state index contributed by atoms with van der Waals surface area (Å²) in [6.45, 7) is 14.0. The van der Waals surface area contributed by atoms with Gasteiger partial charge in [0.2, 0.25) is 0 Å². The molecule has 5 rings (SSSR count). The second-order valence-electron chi connectivity index (χ2n) is 16.3. The van der Waals surface area contributed by atoms with E-state index in [0.717, 1.165) is 24.0 Å². The molecule has 10 heteroatoms. The fourth-order valence-corrected chi connectivity index (χ4v) is 13.1. The van der Waals surface area contributed by atoms with E-state index in [4.69, 9.17) is 22.8 Å². The van der Waals surface area contributed by atoms with Crippen molar-refractivity contribution >= 4 is 28.8 Å². The molecule has 1 fully saturated rings. The molecule has 3 atom stereocenters. The van der Waals surface area contributed by atoms with Crippen molar-refractivity contribution in [2.75, 3.05) is 26.4 Å². The molecule has 1 heterocycles. The molecular formula is C45H60O8SSi. The van der Waals surface area contributed by atoms with Crippen LogP contribution in [-0.4, -0.2) is 65.8 Å². The lowest BCUT2D eigenvalue weighted by molar-refractivity contribution is -0.193. The Labute approximate surface area is 330 Å². The first kappa shape index (κ1) is 42.9. The van der Waals surface area contributed by atoms with Gasteiger partial charge in [0.1, 0.15) is 6.61 Å². The average Bonchev–Trinajstić information content (AvgIpc) is 3.64. The first-order valence-corrected chi connectivity index (χ1v) is 22.8. The van der Waals surface area contributed by atoms with Gasteiger partial charge in [0.05, 0.1) is 36.4 Å². The highest BCUT2D eigenvalue weighted by molar-refractivity contribution is 7.86. The summed E-state index contributed by atoms with van der Waals surface area (Å²) in [5.74, 6) is -1.04. The van der Waals surface area contributed by atoms with E-state index < -0.39 is 35.9 Å². The standard InChI is InChI=1S/C45H60O8SSi/c1-36-24-26-39(27-25-36)54(47,48)52-35-45(50-31-32-51-45)30-28-42(49-34-38-18-10-7-11-19-38)44(6,46)29-16-17-37(2)33-53-55(43(3,4)5,40-20-12-8-13-21-40)41-22-14-9-15-23-41/h7-15,18-27,37,42,46H,16-17,28-35H2,1-6H3. The summed E-state index contributed by atoms with van der Waals surface area (Å²) in [5.41, 5.74) is 0.750. The smallest absolute Gasteiger partial charge is 0.297 e. The van der Waals surface area contributed by atoms with Crippen molar-refractivity contribution in [1.29, 1.82) is 0 Å². The van der Waals surface area contributed by atoms with Crippen molar-refractivity contribution in [3.63, 3.8) is 0 Å². The minimum atomic E-state index is -4.04. The second-order valence-corrected chi connectivity index (χ2v) is 22.2. The summed E-state index contributed by atoms with van der Waals surface area (Å²) in [5, 5.41) is 14.5. The number of ether oxygens (including phenoxy) is 3. The van der Waals surface area contributed by atoms with Crippen molar-refractivity contribution in [2.24, 2.45) is 5.92 Å². The van der Waals surface area contributed by atoms with E-state index in [1.165, 1.54) is 22.5 Å². The summed E-state index contributed by atoms with van der Waals surface area (Å²) in [7, 11) is -6.70. The molecule has 0 aliphatic carbocycles. The molecule has 0 radical (unpaired) electrons. The van der Waals surface area contributed by atoms with E-state index in [1.54, 1.807) is 12.1 Å². The van der Waals surface area contributed by atoms with E-state index in [2.05, 4.69) is 88.4 Å². The largest absolute Gasteiger partial charge is 0.407 e. The van der Waals surface area contributed by atoms with Crippen LogP contribution in [0.4, 0.5) is 0 Å². The van der Waals surface area contributed by atoms with Crippen LogP contribution >= 0.6 is 0 Å². The minimum absolute atomic E-state index is 0.0736. The molecule has 0 aromatic heterocycles. The molecule has 0 spiro atoms. The number of rotatable bonds is 20. The van der Waals surface area contributed by atoms with Crippen LogP contribution in [-0.2, 0) is 39.5 Å². The van der Waals surface area contributed by atoms with Gasteiger partial charge in [-0.25, -0.2) is 0 Å². The van der Waals surface area contributed by atoms with Crippen LogP contribution < -0.4 is 10.4 Å². The molecular weight excluding hydrogens is 729 g/mol. The molecule has 1 aliphatic heterocycles. The third-order valence-corrected chi connectivity index (χ3v) is 17.0. The Hall–Kier alpha value is -3.19. The Bertz CT molecular complexity index is 1800. The molecule has 4 aromatic carbocycles. The Kier molecular flexibility index (Phi) is 14.7. The average molecular weight is 789 g/mol. The lowest BCUT2D eigenvalue weighted by atomic mass is 9.87. The summed E-state index contributed by atoms with van der Waals surface area (Å²) < 4.78 is 57.3. The fourth-order valence-electron chi connectivity index (χ4n) is 7.51. The van der Waals surface area contributed by atoms with Gasteiger partial charge in [0.15, 0.2) is 5.79 Å². The van der Waals surface area contributed by atoms with Gasteiger partial charge in [-0.3, -0.25) is 4.18 Å². The van der Waals surface area contributed by atoms with E-state index in [-0.39, 0.29) is 28.9 Å². The highest BCUT2D eigenvalue weighted by Crippen LogP contribution is 2.38. The Morgan fingerprint density at radius 3 is 1.89 bits per heavy atom. The van der Waals surface area contributed by atoms with Crippen LogP contribution in [0.5, 0.6) is 0 Å². The Morgan fingerprint density at radius 2 is 1.35 bits per heavy atom. The Balaban J connectivity index is 1.25. The molecule has 4 aromatic rings. The summed E-state index contributed by atoms with van der Waals surface area (Å²) in [6, 6.07) is 37.7. The van der Waals surface area contributed by atoms with Crippen LogP contribution in [0.1, 0.15) is 77.8 Å². The van der Waals surface area contributed by atoms with Crippen molar-refractivity contribution in [3.8, 4) is 0 Å². The van der Waals surface area contributed by atoms with Gasteiger partial charge in [-0.1, -0.05) is 143 Å².